The second-order valence-corrected chi connectivity index (χ2v) is 6.58. The van der Waals surface area contributed by atoms with Crippen LogP contribution in [0.25, 0.3) is 16.2 Å². The second kappa shape index (κ2) is 6.92. The van der Waals surface area contributed by atoms with Gasteiger partial charge in [-0.05, 0) is 12.1 Å². The van der Waals surface area contributed by atoms with Crippen LogP contribution in [0, 0.1) is 10.1 Å². The number of hydrogen-bond donors (Lipinski definition) is 1. The molecule has 0 spiro atoms. The maximum Gasteiger partial charge on any atom is 0.376 e. The highest BCUT2D eigenvalue weighted by molar-refractivity contribution is 7.14. The van der Waals surface area contributed by atoms with E-state index in [0.29, 0.717) is 10.7 Å². The van der Waals surface area contributed by atoms with E-state index in [4.69, 9.17) is 0 Å². The van der Waals surface area contributed by atoms with E-state index >= 15 is 0 Å². The minimum Gasteiger partial charge on any atom is -0.357 e. The van der Waals surface area contributed by atoms with Crippen molar-refractivity contribution in [2.24, 2.45) is 0 Å². The van der Waals surface area contributed by atoms with E-state index in [2.05, 4.69) is 20.5 Å². The Morgan fingerprint density at radius 3 is 2.67 bits per heavy atom. The van der Waals surface area contributed by atoms with E-state index in [0.717, 1.165) is 15.0 Å². The Balaban J connectivity index is 1.64. The van der Waals surface area contributed by atoms with Crippen molar-refractivity contribution in [3.8, 4) is 10.6 Å². The van der Waals surface area contributed by atoms with Crippen molar-refractivity contribution in [1.29, 1.82) is 0 Å². The lowest BCUT2D eigenvalue weighted by Crippen LogP contribution is -2.21. The smallest absolute Gasteiger partial charge is 0.357 e. The van der Waals surface area contributed by atoms with Gasteiger partial charge in [-0.2, -0.15) is 0 Å². The summed E-state index contributed by atoms with van der Waals surface area (Å²) in [6.45, 7) is 0.167. The Kier molecular flexibility index (Phi) is 4.30. The highest BCUT2D eigenvalue weighted by Gasteiger charge is 2.23. The molecule has 1 aromatic carbocycles. The van der Waals surface area contributed by atoms with Crippen LogP contribution in [-0.2, 0) is 6.54 Å². The van der Waals surface area contributed by atoms with Crippen molar-refractivity contribution >= 4 is 28.5 Å². The van der Waals surface area contributed by atoms with Crippen LogP contribution in [0.5, 0.6) is 0 Å². The van der Waals surface area contributed by atoms with Crippen molar-refractivity contribution in [2.45, 2.75) is 6.54 Å². The molecule has 0 aliphatic heterocycles. The summed E-state index contributed by atoms with van der Waals surface area (Å²) in [5, 5.41) is 23.8. The van der Waals surface area contributed by atoms with E-state index in [1.807, 2.05) is 30.3 Å². The molecule has 0 saturated heterocycles. The summed E-state index contributed by atoms with van der Waals surface area (Å²) in [6, 6.07) is 14.5. The third kappa shape index (κ3) is 3.25. The number of hydrogen-bond acceptors (Lipinski definition) is 8. The number of nitrogens with one attached hydrogen (secondary N) is 1. The van der Waals surface area contributed by atoms with Gasteiger partial charge in [0.2, 0.25) is 5.82 Å². The summed E-state index contributed by atoms with van der Waals surface area (Å²) >= 11 is 1.36. The minimum absolute atomic E-state index is 0.0901. The lowest BCUT2D eigenvalue weighted by atomic mass is 10.2. The Labute approximate surface area is 156 Å². The third-order valence-electron chi connectivity index (χ3n) is 3.79. The molecule has 1 N–H and O–H groups in total. The molecule has 0 fully saturated rings. The summed E-state index contributed by atoms with van der Waals surface area (Å²) in [5.41, 5.74) is -0.0889. The zero-order valence-electron chi connectivity index (χ0n) is 13.8. The van der Waals surface area contributed by atoms with E-state index in [1.165, 1.54) is 17.5 Å². The molecule has 0 aliphatic carbocycles. The molecule has 0 unspecified atom stereocenters. The summed E-state index contributed by atoms with van der Waals surface area (Å²) in [5.74, 6) is -0.0901. The number of rotatable bonds is 5. The third-order valence-corrected chi connectivity index (χ3v) is 4.76. The van der Waals surface area contributed by atoms with Crippen LogP contribution in [0.2, 0.25) is 0 Å². The van der Waals surface area contributed by atoms with E-state index < -0.39 is 16.2 Å². The van der Waals surface area contributed by atoms with Gasteiger partial charge in [0.25, 0.3) is 0 Å². The molecule has 3 heterocycles. The SMILES string of the molecule is O=c1c([N+](=O)[O-])c(NCc2nnc(-c3ccccc3)s2)nc2ccccn12. The average Bonchev–Trinajstić information content (AvgIpc) is 3.16. The minimum atomic E-state index is -0.740. The van der Waals surface area contributed by atoms with E-state index in [-0.39, 0.29) is 12.4 Å². The molecule has 0 amide bonds. The molecule has 9 nitrogen and oxygen atoms in total. The van der Waals surface area contributed by atoms with Crippen LogP contribution < -0.4 is 10.9 Å². The number of nitrogens with zero attached hydrogens (tertiary/aromatic N) is 5. The molecule has 10 heteroatoms. The molecule has 27 heavy (non-hydrogen) atoms. The predicted octanol–water partition coefficient (Wildman–Crippen LogP) is 2.73. The van der Waals surface area contributed by atoms with Crippen LogP contribution in [0.3, 0.4) is 0 Å². The van der Waals surface area contributed by atoms with Crippen LogP contribution in [-0.4, -0.2) is 24.5 Å². The molecule has 4 rings (SSSR count). The van der Waals surface area contributed by atoms with Crippen molar-refractivity contribution < 1.29 is 4.92 Å². The Bertz CT molecular complexity index is 1190. The molecule has 134 valence electrons. The lowest BCUT2D eigenvalue weighted by molar-refractivity contribution is -0.385. The average molecular weight is 380 g/mol. The molecule has 0 radical (unpaired) electrons. The molecule has 3 aromatic heterocycles. The summed E-state index contributed by atoms with van der Waals surface area (Å²) in [4.78, 5) is 27.3. The van der Waals surface area contributed by atoms with Gasteiger partial charge in [-0.25, -0.2) is 4.98 Å². The second-order valence-electron chi connectivity index (χ2n) is 5.52. The van der Waals surface area contributed by atoms with Crippen molar-refractivity contribution in [2.75, 3.05) is 5.32 Å². The van der Waals surface area contributed by atoms with Crippen molar-refractivity contribution in [1.82, 2.24) is 19.6 Å². The first-order valence-corrected chi connectivity index (χ1v) is 8.72. The highest BCUT2D eigenvalue weighted by Crippen LogP contribution is 2.24. The number of pyridine rings is 1. The van der Waals surface area contributed by atoms with Gasteiger partial charge in [-0.15, -0.1) is 10.2 Å². The van der Waals surface area contributed by atoms with Gasteiger partial charge in [0.15, 0.2) is 0 Å². The predicted molar refractivity (Wildman–Crippen MR) is 101 cm³/mol. The number of aromatic nitrogens is 4. The van der Waals surface area contributed by atoms with Gasteiger partial charge < -0.3 is 5.32 Å². The largest absolute Gasteiger partial charge is 0.376 e. The van der Waals surface area contributed by atoms with Crippen LogP contribution in [0.15, 0.2) is 59.5 Å². The molecular formula is C17H12N6O3S. The molecule has 0 atom stereocenters. The Morgan fingerprint density at radius 2 is 1.89 bits per heavy atom. The van der Waals surface area contributed by atoms with Gasteiger partial charge in [-0.3, -0.25) is 19.3 Å². The highest BCUT2D eigenvalue weighted by atomic mass is 32.1. The monoisotopic (exact) mass is 380 g/mol. The molecule has 0 bridgehead atoms. The zero-order valence-corrected chi connectivity index (χ0v) is 14.6. The van der Waals surface area contributed by atoms with Gasteiger partial charge in [0, 0.05) is 11.8 Å². The molecule has 0 aliphatic rings. The maximum atomic E-state index is 12.4. The van der Waals surface area contributed by atoms with Crippen LogP contribution >= 0.6 is 11.3 Å². The fraction of sp³-hybridized carbons (Fsp3) is 0.0588. The van der Waals surface area contributed by atoms with Gasteiger partial charge in [0.05, 0.1) is 11.5 Å². The first-order chi connectivity index (χ1) is 13.1. The number of benzene rings is 1. The number of fused-ring (bicyclic) bond motifs is 1. The molecular weight excluding hydrogens is 368 g/mol. The van der Waals surface area contributed by atoms with Gasteiger partial charge in [0.1, 0.15) is 15.7 Å². The summed E-state index contributed by atoms with van der Waals surface area (Å²) in [6.07, 6.45) is 1.44. The Hall–Kier alpha value is -3.66. The quantitative estimate of drug-likeness (QED) is 0.418. The number of nitro groups is 1. The van der Waals surface area contributed by atoms with E-state index in [9.17, 15) is 14.9 Å². The standard InChI is InChI=1S/C17H12N6O3S/c24-17-14(23(25)26)15(19-12-8-4-5-9-22(12)17)18-10-13-20-21-16(27-13)11-6-2-1-3-7-11/h1-9,18H,10H2. The van der Waals surface area contributed by atoms with Gasteiger partial charge >= 0.3 is 11.2 Å². The Morgan fingerprint density at radius 1 is 1.11 bits per heavy atom. The first kappa shape index (κ1) is 16.8. The topological polar surface area (TPSA) is 115 Å². The van der Waals surface area contributed by atoms with Crippen LogP contribution in [0.1, 0.15) is 5.01 Å². The fourth-order valence-electron chi connectivity index (χ4n) is 2.55. The van der Waals surface area contributed by atoms with E-state index in [1.54, 1.807) is 18.2 Å². The van der Waals surface area contributed by atoms with Gasteiger partial charge in [-0.1, -0.05) is 47.7 Å². The van der Waals surface area contributed by atoms with Crippen LogP contribution in [0.4, 0.5) is 11.5 Å². The summed E-state index contributed by atoms with van der Waals surface area (Å²) in [7, 11) is 0. The molecule has 4 aromatic rings. The normalized spacial score (nSPS) is 10.8. The number of anilines is 1. The zero-order chi connectivity index (χ0) is 18.8. The summed E-state index contributed by atoms with van der Waals surface area (Å²) < 4.78 is 1.14. The van der Waals surface area contributed by atoms with Crippen molar-refractivity contribution in [3.05, 3.63) is 80.2 Å². The van der Waals surface area contributed by atoms with Crippen molar-refractivity contribution in [3.63, 3.8) is 0 Å². The lowest BCUT2D eigenvalue weighted by Gasteiger charge is -2.06. The molecule has 0 saturated carbocycles. The fourth-order valence-corrected chi connectivity index (χ4v) is 3.33. The maximum absolute atomic E-state index is 12.4. The first-order valence-electron chi connectivity index (χ1n) is 7.91.